The van der Waals surface area contributed by atoms with Crippen LogP contribution in [0, 0.1) is 5.92 Å². The van der Waals surface area contributed by atoms with Gasteiger partial charge < -0.3 is 15.2 Å². The van der Waals surface area contributed by atoms with Gasteiger partial charge in [0, 0.05) is 6.54 Å². The number of ether oxygens (including phenoxy) is 1. The summed E-state index contributed by atoms with van der Waals surface area (Å²) in [6.45, 7) is 4.13. The Labute approximate surface area is 109 Å². The Kier molecular flexibility index (Phi) is 5.02. The van der Waals surface area contributed by atoms with E-state index in [9.17, 15) is 5.11 Å². The molecule has 0 amide bonds. The van der Waals surface area contributed by atoms with Crippen LogP contribution in [0.5, 0.6) is 5.75 Å². The topological polar surface area (TPSA) is 41.5 Å². The van der Waals surface area contributed by atoms with E-state index in [1.807, 2.05) is 12.1 Å². The van der Waals surface area contributed by atoms with Gasteiger partial charge in [-0.3, -0.25) is 0 Å². The SMILES string of the molecule is CCc1ccc(OCC(O)CNCC2CC2)cc1. The molecule has 0 spiro atoms. The first-order valence-corrected chi connectivity index (χ1v) is 6.88. The Morgan fingerprint density at radius 1 is 1.33 bits per heavy atom. The Bertz CT molecular complexity index is 346. The summed E-state index contributed by atoms with van der Waals surface area (Å²) in [6.07, 6.45) is 3.27. The van der Waals surface area contributed by atoms with Gasteiger partial charge in [0.15, 0.2) is 0 Å². The zero-order valence-electron chi connectivity index (χ0n) is 11.1. The molecule has 100 valence electrons. The highest BCUT2D eigenvalue weighted by Gasteiger charge is 2.20. The number of aryl methyl sites for hydroxylation is 1. The molecule has 18 heavy (non-hydrogen) atoms. The highest BCUT2D eigenvalue weighted by Crippen LogP contribution is 2.27. The van der Waals surface area contributed by atoms with Crippen LogP contribution in [0.3, 0.4) is 0 Å². The van der Waals surface area contributed by atoms with E-state index in [2.05, 4.69) is 24.4 Å². The van der Waals surface area contributed by atoms with Gasteiger partial charge in [0.1, 0.15) is 18.5 Å². The van der Waals surface area contributed by atoms with Crippen LogP contribution in [-0.4, -0.2) is 30.9 Å². The quantitative estimate of drug-likeness (QED) is 0.740. The Hall–Kier alpha value is -1.06. The number of aliphatic hydroxyl groups excluding tert-OH is 1. The van der Waals surface area contributed by atoms with Crippen molar-refractivity contribution < 1.29 is 9.84 Å². The van der Waals surface area contributed by atoms with Crippen molar-refractivity contribution in [2.45, 2.75) is 32.3 Å². The second kappa shape index (κ2) is 6.76. The lowest BCUT2D eigenvalue weighted by molar-refractivity contribution is 0.106. The molecule has 1 aromatic rings. The van der Waals surface area contributed by atoms with Gasteiger partial charge in [0.25, 0.3) is 0 Å². The molecule has 2 N–H and O–H groups in total. The fourth-order valence-corrected chi connectivity index (χ4v) is 1.85. The summed E-state index contributed by atoms with van der Waals surface area (Å²) in [5.41, 5.74) is 1.30. The lowest BCUT2D eigenvalue weighted by Crippen LogP contribution is -2.32. The second-order valence-electron chi connectivity index (χ2n) is 5.06. The zero-order chi connectivity index (χ0) is 12.8. The molecule has 0 bridgehead atoms. The molecule has 2 rings (SSSR count). The summed E-state index contributed by atoms with van der Waals surface area (Å²) >= 11 is 0. The maximum absolute atomic E-state index is 9.76. The van der Waals surface area contributed by atoms with Crippen LogP contribution in [0.4, 0.5) is 0 Å². The normalized spacial score (nSPS) is 16.6. The summed E-state index contributed by atoms with van der Waals surface area (Å²) < 4.78 is 5.55. The van der Waals surface area contributed by atoms with Gasteiger partial charge >= 0.3 is 0 Å². The average Bonchev–Trinajstić information content (AvgIpc) is 3.21. The van der Waals surface area contributed by atoms with Crippen LogP contribution in [0.2, 0.25) is 0 Å². The van der Waals surface area contributed by atoms with Crippen LogP contribution in [-0.2, 0) is 6.42 Å². The van der Waals surface area contributed by atoms with Crippen molar-refractivity contribution in [2.75, 3.05) is 19.7 Å². The highest BCUT2D eigenvalue weighted by atomic mass is 16.5. The Morgan fingerprint density at radius 2 is 2.06 bits per heavy atom. The minimum absolute atomic E-state index is 0.350. The third kappa shape index (κ3) is 4.67. The molecule has 0 aliphatic heterocycles. The van der Waals surface area contributed by atoms with E-state index >= 15 is 0 Å². The van der Waals surface area contributed by atoms with Crippen LogP contribution in [0.25, 0.3) is 0 Å². The van der Waals surface area contributed by atoms with E-state index in [0.717, 1.165) is 24.6 Å². The predicted molar refractivity (Wildman–Crippen MR) is 72.9 cm³/mol. The molecule has 0 saturated heterocycles. The Morgan fingerprint density at radius 3 is 2.67 bits per heavy atom. The van der Waals surface area contributed by atoms with Crippen LogP contribution < -0.4 is 10.1 Å². The molecule has 3 heteroatoms. The predicted octanol–water partition coefficient (Wildman–Crippen LogP) is 1.99. The monoisotopic (exact) mass is 249 g/mol. The third-order valence-electron chi connectivity index (χ3n) is 3.28. The van der Waals surface area contributed by atoms with E-state index in [-0.39, 0.29) is 0 Å². The van der Waals surface area contributed by atoms with Crippen molar-refractivity contribution in [2.24, 2.45) is 5.92 Å². The van der Waals surface area contributed by atoms with E-state index < -0.39 is 6.10 Å². The van der Waals surface area contributed by atoms with Gasteiger partial charge in [-0.1, -0.05) is 19.1 Å². The van der Waals surface area contributed by atoms with E-state index in [1.165, 1.54) is 18.4 Å². The smallest absolute Gasteiger partial charge is 0.119 e. The maximum atomic E-state index is 9.76. The zero-order valence-corrected chi connectivity index (χ0v) is 11.1. The number of hydrogen-bond acceptors (Lipinski definition) is 3. The number of hydrogen-bond donors (Lipinski definition) is 2. The number of rotatable bonds is 8. The van der Waals surface area contributed by atoms with Crippen molar-refractivity contribution >= 4 is 0 Å². The lowest BCUT2D eigenvalue weighted by atomic mass is 10.2. The number of nitrogens with one attached hydrogen (secondary N) is 1. The van der Waals surface area contributed by atoms with E-state index in [0.29, 0.717) is 13.2 Å². The molecule has 1 aliphatic carbocycles. The van der Waals surface area contributed by atoms with Gasteiger partial charge in [0.05, 0.1) is 0 Å². The molecule has 0 heterocycles. The minimum Gasteiger partial charge on any atom is -0.491 e. The van der Waals surface area contributed by atoms with Crippen LogP contribution >= 0.6 is 0 Å². The first-order chi connectivity index (χ1) is 8.78. The van der Waals surface area contributed by atoms with Gasteiger partial charge in [-0.25, -0.2) is 0 Å². The highest BCUT2D eigenvalue weighted by molar-refractivity contribution is 5.27. The van der Waals surface area contributed by atoms with Gasteiger partial charge in [-0.2, -0.15) is 0 Å². The molecule has 0 aromatic heterocycles. The van der Waals surface area contributed by atoms with Crippen molar-refractivity contribution in [3.05, 3.63) is 29.8 Å². The first kappa shape index (κ1) is 13.4. The maximum Gasteiger partial charge on any atom is 0.119 e. The van der Waals surface area contributed by atoms with Crippen molar-refractivity contribution in [3.8, 4) is 5.75 Å². The van der Waals surface area contributed by atoms with Crippen molar-refractivity contribution in [1.82, 2.24) is 5.32 Å². The molecule has 3 nitrogen and oxygen atoms in total. The molecule has 0 radical (unpaired) electrons. The summed E-state index contributed by atoms with van der Waals surface area (Å²) in [7, 11) is 0. The molecule has 1 aliphatic rings. The fourth-order valence-electron chi connectivity index (χ4n) is 1.85. The van der Waals surface area contributed by atoms with Crippen LogP contribution in [0.15, 0.2) is 24.3 Å². The molecular weight excluding hydrogens is 226 g/mol. The molecule has 1 saturated carbocycles. The Balaban J connectivity index is 1.62. The van der Waals surface area contributed by atoms with E-state index in [1.54, 1.807) is 0 Å². The standard InChI is InChI=1S/C15H23NO2/c1-2-12-5-7-15(8-6-12)18-11-14(17)10-16-9-13-3-4-13/h5-8,13-14,16-17H,2-4,9-11H2,1H3. The second-order valence-corrected chi connectivity index (χ2v) is 5.06. The van der Waals surface area contributed by atoms with E-state index in [4.69, 9.17) is 4.74 Å². The van der Waals surface area contributed by atoms with Gasteiger partial charge in [0.2, 0.25) is 0 Å². The molecule has 1 unspecified atom stereocenters. The fraction of sp³-hybridized carbons (Fsp3) is 0.600. The largest absolute Gasteiger partial charge is 0.491 e. The molecule has 1 fully saturated rings. The minimum atomic E-state index is -0.436. The summed E-state index contributed by atoms with van der Waals surface area (Å²) in [4.78, 5) is 0. The number of aliphatic hydroxyl groups is 1. The molecule has 1 atom stereocenters. The van der Waals surface area contributed by atoms with Crippen molar-refractivity contribution in [3.63, 3.8) is 0 Å². The van der Waals surface area contributed by atoms with Crippen LogP contribution in [0.1, 0.15) is 25.3 Å². The summed E-state index contributed by atoms with van der Waals surface area (Å²) in [5, 5.41) is 13.0. The number of benzene rings is 1. The summed E-state index contributed by atoms with van der Waals surface area (Å²) in [5.74, 6) is 1.67. The van der Waals surface area contributed by atoms with Gasteiger partial charge in [-0.05, 0) is 49.4 Å². The average molecular weight is 249 g/mol. The first-order valence-electron chi connectivity index (χ1n) is 6.88. The molecular formula is C15H23NO2. The van der Waals surface area contributed by atoms with Gasteiger partial charge in [-0.15, -0.1) is 0 Å². The third-order valence-corrected chi connectivity index (χ3v) is 3.28. The summed E-state index contributed by atoms with van der Waals surface area (Å²) in [6, 6.07) is 8.05. The lowest BCUT2D eigenvalue weighted by Gasteiger charge is -2.13. The molecule has 1 aromatic carbocycles. The van der Waals surface area contributed by atoms with Crippen molar-refractivity contribution in [1.29, 1.82) is 0 Å².